The lowest BCUT2D eigenvalue weighted by molar-refractivity contribution is -0.132. The number of aliphatic hydroxyl groups excluding tert-OH is 7. The van der Waals surface area contributed by atoms with Gasteiger partial charge in [0, 0.05) is 29.7 Å². The molecular weight excluding hydrogens is 516 g/mol. The zero-order valence-corrected chi connectivity index (χ0v) is 21.3. The minimum Gasteiger partial charge on any atom is -0.478 e. The lowest BCUT2D eigenvalue weighted by Crippen LogP contribution is -2.37. The van der Waals surface area contributed by atoms with Crippen LogP contribution in [-0.2, 0) is 19.2 Å². The van der Waals surface area contributed by atoms with Gasteiger partial charge in [-0.3, -0.25) is 0 Å². The number of carboxylic acid groups (broad SMARTS) is 4. The highest BCUT2D eigenvalue weighted by atomic mass is 16.4. The number of hydrogen-bond donors (Lipinski definition) is 11. The topological polar surface area (TPSA) is 291 Å². The van der Waals surface area contributed by atoms with Crippen LogP contribution in [0.3, 0.4) is 0 Å². The second-order valence-corrected chi connectivity index (χ2v) is 6.63. The van der Waals surface area contributed by atoms with E-state index in [1.165, 1.54) is 0 Å². The molecule has 0 aromatic heterocycles. The lowest BCUT2D eigenvalue weighted by atomic mass is 9.88. The van der Waals surface area contributed by atoms with Crippen molar-refractivity contribution in [3.63, 3.8) is 0 Å². The third kappa shape index (κ3) is 39.8. The Morgan fingerprint density at radius 1 is 0.474 bits per heavy atom. The quantitative estimate of drug-likeness (QED) is 0.119. The molecule has 0 amide bonds. The standard InChI is InChI=1S/C6H14O3.C5H12O4.4C3H4O2/c1-2-6(3-7,4-8)5-9;6-1-5(2-7,3-8)4-9;4*1-2-3(4)5/h7-9H,2-5H2,1H3;6-9H,1-4H2;4*2H,1H2,(H,4,5). The van der Waals surface area contributed by atoms with Gasteiger partial charge in [-0.15, -0.1) is 0 Å². The predicted molar refractivity (Wildman–Crippen MR) is 136 cm³/mol. The summed E-state index contributed by atoms with van der Waals surface area (Å²) in [5, 5.41) is 90.4. The summed E-state index contributed by atoms with van der Waals surface area (Å²) >= 11 is 0. The van der Waals surface area contributed by atoms with Crippen molar-refractivity contribution in [2.45, 2.75) is 13.3 Å². The van der Waals surface area contributed by atoms with Crippen LogP contribution in [0.4, 0.5) is 0 Å². The Labute approximate surface area is 220 Å². The van der Waals surface area contributed by atoms with Crippen LogP contribution < -0.4 is 0 Å². The Morgan fingerprint density at radius 2 is 0.605 bits per heavy atom. The number of aliphatic hydroxyl groups is 7. The van der Waals surface area contributed by atoms with E-state index in [9.17, 15) is 19.2 Å². The Kier molecular flexibility index (Phi) is 42.1. The van der Waals surface area contributed by atoms with Gasteiger partial charge in [0.2, 0.25) is 0 Å². The summed E-state index contributed by atoms with van der Waals surface area (Å²) in [5.41, 5.74) is -1.78. The summed E-state index contributed by atoms with van der Waals surface area (Å²) < 4.78 is 0. The van der Waals surface area contributed by atoms with Crippen LogP contribution in [0.5, 0.6) is 0 Å². The van der Waals surface area contributed by atoms with E-state index in [1.54, 1.807) is 0 Å². The fraction of sp³-hybridized carbons (Fsp3) is 0.478. The van der Waals surface area contributed by atoms with Gasteiger partial charge in [0.05, 0.1) is 51.7 Å². The third-order valence-electron chi connectivity index (χ3n) is 3.80. The van der Waals surface area contributed by atoms with E-state index < -0.39 is 61.1 Å². The Bertz CT molecular complexity index is 524. The van der Waals surface area contributed by atoms with Gasteiger partial charge in [-0.1, -0.05) is 33.2 Å². The predicted octanol–water partition coefficient (Wildman–Crippen LogP) is -1.67. The molecule has 11 N–H and O–H groups in total. The molecule has 0 atom stereocenters. The van der Waals surface area contributed by atoms with E-state index in [0.717, 1.165) is 24.3 Å². The van der Waals surface area contributed by atoms with Crippen molar-refractivity contribution in [1.82, 2.24) is 0 Å². The number of rotatable bonds is 12. The Balaban J connectivity index is -0.0000000829. The van der Waals surface area contributed by atoms with Crippen molar-refractivity contribution < 1.29 is 75.3 Å². The summed E-state index contributed by atoms with van der Waals surface area (Å²) in [4.78, 5) is 37.0. The molecule has 15 heteroatoms. The van der Waals surface area contributed by atoms with E-state index in [-0.39, 0.29) is 19.8 Å². The summed E-state index contributed by atoms with van der Waals surface area (Å²) in [6.45, 7) is 11.6. The monoisotopic (exact) mass is 558 g/mol. The Hall–Kier alpha value is -3.44. The smallest absolute Gasteiger partial charge is 0.327 e. The van der Waals surface area contributed by atoms with E-state index in [2.05, 4.69) is 26.3 Å². The van der Waals surface area contributed by atoms with E-state index in [0.29, 0.717) is 6.42 Å². The van der Waals surface area contributed by atoms with Gasteiger partial charge in [-0.05, 0) is 6.42 Å². The van der Waals surface area contributed by atoms with Gasteiger partial charge < -0.3 is 56.2 Å². The largest absolute Gasteiger partial charge is 0.478 e. The maximum Gasteiger partial charge on any atom is 0.327 e. The summed E-state index contributed by atoms with van der Waals surface area (Å²) in [6.07, 6.45) is 3.93. The molecule has 0 aromatic carbocycles. The zero-order valence-electron chi connectivity index (χ0n) is 21.3. The highest BCUT2D eigenvalue weighted by Crippen LogP contribution is 2.18. The second-order valence-electron chi connectivity index (χ2n) is 6.63. The number of carbonyl (C=O) groups is 4. The molecular formula is C23H42O15. The molecule has 0 rings (SSSR count). The minimum absolute atomic E-state index is 0.156. The zero-order chi connectivity index (χ0) is 31.8. The first-order valence-electron chi connectivity index (χ1n) is 10.2. The van der Waals surface area contributed by atoms with Crippen LogP contribution in [0.1, 0.15) is 13.3 Å². The van der Waals surface area contributed by atoms with Gasteiger partial charge in [-0.2, -0.15) is 0 Å². The first-order valence-corrected chi connectivity index (χ1v) is 10.2. The van der Waals surface area contributed by atoms with Gasteiger partial charge >= 0.3 is 23.9 Å². The second kappa shape index (κ2) is 33.6. The molecule has 0 aromatic rings. The molecule has 15 nitrogen and oxygen atoms in total. The molecule has 0 aliphatic rings. The molecule has 0 saturated heterocycles. The molecule has 38 heavy (non-hydrogen) atoms. The molecule has 0 radical (unpaired) electrons. The molecule has 0 saturated carbocycles. The van der Waals surface area contributed by atoms with Gasteiger partial charge in [0.25, 0.3) is 0 Å². The summed E-state index contributed by atoms with van der Waals surface area (Å²) in [5.74, 6) is -3.93. The average Bonchev–Trinajstić information content (AvgIpc) is 2.93. The lowest BCUT2D eigenvalue weighted by Gasteiger charge is -2.24. The van der Waals surface area contributed by atoms with Crippen LogP contribution in [-0.4, -0.2) is 126 Å². The van der Waals surface area contributed by atoms with Crippen LogP contribution in [0.2, 0.25) is 0 Å². The van der Waals surface area contributed by atoms with Crippen LogP contribution in [0.25, 0.3) is 0 Å². The van der Waals surface area contributed by atoms with Crippen LogP contribution in [0, 0.1) is 10.8 Å². The summed E-state index contributed by atoms with van der Waals surface area (Å²) in [7, 11) is 0. The van der Waals surface area contributed by atoms with Crippen molar-refractivity contribution in [3.05, 3.63) is 50.6 Å². The number of hydrogen-bond acceptors (Lipinski definition) is 11. The van der Waals surface area contributed by atoms with E-state index in [4.69, 9.17) is 56.2 Å². The SMILES string of the molecule is C=CC(=O)O.C=CC(=O)O.C=CC(=O)O.C=CC(=O)O.CCC(CO)(CO)CO.OCC(CO)(CO)CO. The molecule has 0 unspecified atom stereocenters. The fourth-order valence-corrected chi connectivity index (χ4v) is 0.785. The molecule has 0 aliphatic carbocycles. The van der Waals surface area contributed by atoms with Crippen molar-refractivity contribution in [2.75, 3.05) is 46.2 Å². The third-order valence-corrected chi connectivity index (χ3v) is 3.80. The van der Waals surface area contributed by atoms with Gasteiger partial charge in [0.1, 0.15) is 0 Å². The number of carboxylic acids is 4. The molecule has 0 fully saturated rings. The van der Waals surface area contributed by atoms with E-state index in [1.807, 2.05) is 6.92 Å². The maximum atomic E-state index is 9.25. The van der Waals surface area contributed by atoms with Gasteiger partial charge in [0.15, 0.2) is 0 Å². The maximum absolute atomic E-state index is 9.25. The first kappa shape index (κ1) is 47.7. The summed E-state index contributed by atoms with van der Waals surface area (Å²) in [6, 6.07) is 0. The van der Waals surface area contributed by atoms with Crippen LogP contribution >= 0.6 is 0 Å². The molecule has 0 heterocycles. The highest BCUT2D eigenvalue weighted by Gasteiger charge is 2.26. The fourth-order valence-electron chi connectivity index (χ4n) is 0.785. The Morgan fingerprint density at radius 3 is 0.605 bits per heavy atom. The van der Waals surface area contributed by atoms with Crippen molar-refractivity contribution in [1.29, 1.82) is 0 Å². The minimum atomic E-state index is -1.11. The van der Waals surface area contributed by atoms with Crippen molar-refractivity contribution in [2.24, 2.45) is 10.8 Å². The van der Waals surface area contributed by atoms with Crippen molar-refractivity contribution >= 4 is 23.9 Å². The highest BCUT2D eigenvalue weighted by molar-refractivity contribution is 5.79. The molecule has 224 valence electrons. The first-order chi connectivity index (χ1) is 17.6. The van der Waals surface area contributed by atoms with Gasteiger partial charge in [-0.25, -0.2) is 19.2 Å². The normalized spacial score (nSPS) is 9.05. The van der Waals surface area contributed by atoms with E-state index >= 15 is 0 Å². The average molecular weight is 559 g/mol. The molecule has 0 spiro atoms. The molecule has 0 aliphatic heterocycles. The van der Waals surface area contributed by atoms with Crippen molar-refractivity contribution in [3.8, 4) is 0 Å². The molecule has 0 bridgehead atoms. The van der Waals surface area contributed by atoms with Crippen LogP contribution in [0.15, 0.2) is 50.6 Å². The number of aliphatic carboxylic acids is 4.